The molecule has 0 bridgehead atoms. The molecule has 3 aliphatic heterocycles. The molecule has 0 saturated carbocycles. The number of anilines is 1. The molecular weight excluding hydrogens is 486 g/mol. The number of carbonyl (C=O) groups excluding carboxylic acids is 2. The molecule has 3 aliphatic rings. The Kier molecular flexibility index (Phi) is 4.87. The minimum absolute atomic E-state index is 0.0850. The Balaban J connectivity index is 1.61. The van der Waals surface area contributed by atoms with E-state index in [0.29, 0.717) is 16.6 Å². The number of furan rings is 1. The molecule has 9 heteroatoms. The smallest absolute Gasteiger partial charge is 0.254 e. The van der Waals surface area contributed by atoms with Crippen molar-refractivity contribution in [3.05, 3.63) is 75.9 Å². The van der Waals surface area contributed by atoms with Crippen LogP contribution in [0.2, 0.25) is 0 Å². The van der Waals surface area contributed by atoms with Gasteiger partial charge in [-0.15, -0.1) is 11.3 Å². The summed E-state index contributed by atoms with van der Waals surface area (Å²) >= 11 is 8.82. The van der Waals surface area contributed by atoms with Crippen molar-refractivity contribution in [3.63, 3.8) is 0 Å². The summed E-state index contributed by atoms with van der Waals surface area (Å²) in [6.07, 6.45) is 1.59. The quantitative estimate of drug-likeness (QED) is 0.490. The zero-order chi connectivity index (χ0) is 23.8. The number of aryl methyl sites for hydroxylation is 1. The number of hydrogen-bond acceptors (Lipinski definition) is 7. The van der Waals surface area contributed by atoms with Crippen LogP contribution >= 0.6 is 35.3 Å². The fourth-order valence-electron chi connectivity index (χ4n) is 5.95. The highest BCUT2D eigenvalue weighted by Crippen LogP contribution is 2.67. The fraction of sp³-hybridized carbons (Fsp3) is 0.320. The van der Waals surface area contributed by atoms with E-state index in [-0.39, 0.29) is 24.3 Å². The number of nitrogens with zero attached hydrogens (tertiary/aromatic N) is 3. The molecule has 1 aromatic carbocycles. The maximum atomic E-state index is 14.6. The Morgan fingerprint density at radius 3 is 2.68 bits per heavy atom. The van der Waals surface area contributed by atoms with Crippen molar-refractivity contribution in [3.8, 4) is 0 Å². The second-order valence-electron chi connectivity index (χ2n) is 9.12. The van der Waals surface area contributed by atoms with E-state index in [9.17, 15) is 9.59 Å². The lowest BCUT2D eigenvalue weighted by Gasteiger charge is -2.42. The van der Waals surface area contributed by atoms with E-state index in [1.807, 2.05) is 43.6 Å². The molecule has 3 unspecified atom stereocenters. The first-order chi connectivity index (χ1) is 16.3. The van der Waals surface area contributed by atoms with Crippen LogP contribution in [0.5, 0.6) is 0 Å². The highest BCUT2D eigenvalue weighted by molar-refractivity contribution is 8.25. The van der Waals surface area contributed by atoms with E-state index in [4.69, 9.17) is 16.6 Å². The number of thioether (sulfide) groups is 1. The first-order valence-corrected chi connectivity index (χ1v) is 13.1. The summed E-state index contributed by atoms with van der Waals surface area (Å²) in [7, 11) is 3.76. The Bertz CT molecular complexity index is 1320. The first-order valence-electron chi connectivity index (χ1n) is 11.0. The van der Waals surface area contributed by atoms with Crippen LogP contribution in [0.25, 0.3) is 0 Å². The largest absolute Gasteiger partial charge is 0.467 e. The van der Waals surface area contributed by atoms with Crippen LogP contribution in [0.4, 0.5) is 5.69 Å². The molecule has 6 nitrogen and oxygen atoms in total. The van der Waals surface area contributed by atoms with Crippen molar-refractivity contribution in [2.24, 2.45) is 0 Å². The van der Waals surface area contributed by atoms with Crippen LogP contribution in [0, 0.1) is 6.92 Å². The number of rotatable bonds is 3. The number of benzene rings is 1. The number of hydrogen-bond donors (Lipinski definition) is 0. The van der Waals surface area contributed by atoms with Gasteiger partial charge in [-0.3, -0.25) is 19.4 Å². The normalized spacial score (nSPS) is 28.8. The van der Waals surface area contributed by atoms with Gasteiger partial charge in [0.1, 0.15) is 14.8 Å². The number of likely N-dealkylation sites (N-methyl/N-ethyl adjacent to an activating group) is 2. The van der Waals surface area contributed by atoms with Gasteiger partial charge in [0.15, 0.2) is 5.54 Å². The van der Waals surface area contributed by atoms with E-state index in [2.05, 4.69) is 17.0 Å². The highest BCUT2D eigenvalue weighted by atomic mass is 32.2. The van der Waals surface area contributed by atoms with Gasteiger partial charge >= 0.3 is 0 Å². The Morgan fingerprint density at radius 1 is 1.15 bits per heavy atom. The van der Waals surface area contributed by atoms with E-state index in [1.165, 1.54) is 11.8 Å². The predicted octanol–water partition coefficient (Wildman–Crippen LogP) is 4.35. The van der Waals surface area contributed by atoms with E-state index in [1.54, 1.807) is 40.5 Å². The van der Waals surface area contributed by atoms with Gasteiger partial charge in [0, 0.05) is 35.6 Å². The number of fused-ring (bicyclic) bond motifs is 3. The third-order valence-electron chi connectivity index (χ3n) is 7.39. The summed E-state index contributed by atoms with van der Waals surface area (Å²) in [5.41, 5.74) is 1.61. The zero-order valence-electron chi connectivity index (χ0n) is 19.0. The number of likely N-dealkylation sites (tertiary alicyclic amines) is 1. The van der Waals surface area contributed by atoms with Crippen LogP contribution in [0.15, 0.2) is 58.5 Å². The van der Waals surface area contributed by atoms with Crippen molar-refractivity contribution in [2.45, 2.75) is 29.7 Å². The second kappa shape index (κ2) is 7.52. The van der Waals surface area contributed by atoms with E-state index in [0.717, 1.165) is 21.7 Å². The van der Waals surface area contributed by atoms with Gasteiger partial charge < -0.3 is 9.32 Å². The highest BCUT2D eigenvalue weighted by Gasteiger charge is 2.78. The lowest BCUT2D eigenvalue weighted by molar-refractivity contribution is -0.139. The summed E-state index contributed by atoms with van der Waals surface area (Å²) in [6, 6.07) is 13.8. The number of amides is 2. The summed E-state index contributed by atoms with van der Waals surface area (Å²) in [5.74, 6) is 0.252. The number of carbonyl (C=O) groups is 2. The molecule has 3 atom stereocenters. The molecule has 6 rings (SSSR count). The third-order valence-corrected chi connectivity index (χ3v) is 10.3. The Hall–Kier alpha value is -2.46. The SMILES string of the molecule is Cc1ccc2c(c1)C1(C(=O)N2C)N(C)CC(c2cccs2)C12SC(=S)N(Cc1ccco1)C2=O. The van der Waals surface area contributed by atoms with Gasteiger partial charge in [0.2, 0.25) is 5.91 Å². The predicted molar refractivity (Wildman–Crippen MR) is 138 cm³/mol. The van der Waals surface area contributed by atoms with Crippen LogP contribution in [0.1, 0.15) is 27.7 Å². The van der Waals surface area contributed by atoms with Crippen molar-refractivity contribution < 1.29 is 14.0 Å². The number of thiocarbonyl (C=S) groups is 1. The molecule has 0 N–H and O–H groups in total. The Labute approximate surface area is 211 Å². The molecule has 2 saturated heterocycles. The monoisotopic (exact) mass is 509 g/mol. The van der Waals surface area contributed by atoms with Gasteiger partial charge in [-0.1, -0.05) is 47.7 Å². The molecule has 34 heavy (non-hydrogen) atoms. The third kappa shape index (κ3) is 2.58. The van der Waals surface area contributed by atoms with Crippen molar-refractivity contribution in [1.29, 1.82) is 0 Å². The standard InChI is InChI=1S/C25H23N3O3S3/c1-15-8-9-19-17(12-15)24(21(29)27(19)3)25(18(14-26(24)2)20-7-5-11-33-20)22(30)28(23(32)34-25)13-16-6-4-10-31-16/h4-12,18H,13-14H2,1-3H3. The molecule has 0 aliphatic carbocycles. The van der Waals surface area contributed by atoms with Crippen molar-refractivity contribution in [2.75, 3.05) is 25.5 Å². The van der Waals surface area contributed by atoms with Gasteiger partial charge in [0.05, 0.1) is 12.8 Å². The van der Waals surface area contributed by atoms with Crippen LogP contribution in [-0.2, 0) is 21.7 Å². The first kappa shape index (κ1) is 22.0. The average Bonchev–Trinajstić information content (AvgIpc) is 3.61. The molecule has 2 aromatic heterocycles. The van der Waals surface area contributed by atoms with Gasteiger partial charge in [-0.2, -0.15) is 0 Å². The van der Waals surface area contributed by atoms with Gasteiger partial charge in [-0.25, -0.2) is 0 Å². The maximum absolute atomic E-state index is 14.6. The number of thiophene rings is 1. The van der Waals surface area contributed by atoms with Crippen molar-refractivity contribution >= 4 is 57.1 Å². The van der Waals surface area contributed by atoms with Crippen LogP contribution in [0.3, 0.4) is 0 Å². The molecule has 2 spiro atoms. The molecule has 0 radical (unpaired) electrons. The lowest BCUT2D eigenvalue weighted by Crippen LogP contribution is -2.62. The average molecular weight is 510 g/mol. The summed E-state index contributed by atoms with van der Waals surface area (Å²) in [5, 5.41) is 2.03. The molecule has 2 fully saturated rings. The Morgan fingerprint density at radius 2 is 1.97 bits per heavy atom. The van der Waals surface area contributed by atoms with Crippen molar-refractivity contribution in [1.82, 2.24) is 9.80 Å². The lowest BCUT2D eigenvalue weighted by atomic mass is 9.73. The minimum Gasteiger partial charge on any atom is -0.467 e. The van der Waals surface area contributed by atoms with Crippen LogP contribution < -0.4 is 4.90 Å². The maximum Gasteiger partial charge on any atom is 0.254 e. The minimum atomic E-state index is -1.17. The molecule has 3 aromatic rings. The molecule has 174 valence electrons. The van der Waals surface area contributed by atoms with Gasteiger partial charge in [0.25, 0.3) is 5.91 Å². The molecule has 5 heterocycles. The van der Waals surface area contributed by atoms with Crippen LogP contribution in [-0.4, -0.2) is 51.3 Å². The topological polar surface area (TPSA) is 57.0 Å². The summed E-state index contributed by atoms with van der Waals surface area (Å²) < 4.78 is 4.90. The zero-order valence-corrected chi connectivity index (χ0v) is 21.4. The fourth-order valence-corrected chi connectivity index (χ4v) is 9.02. The summed E-state index contributed by atoms with van der Waals surface area (Å²) in [6.45, 7) is 2.84. The second-order valence-corrected chi connectivity index (χ2v) is 12.0. The van der Waals surface area contributed by atoms with Gasteiger partial charge in [-0.05, 0) is 43.6 Å². The van der Waals surface area contributed by atoms with E-state index >= 15 is 0 Å². The molecule has 2 amide bonds. The molecular formula is C25H23N3O3S3. The van der Waals surface area contributed by atoms with E-state index < -0.39 is 10.3 Å². The summed E-state index contributed by atoms with van der Waals surface area (Å²) in [4.78, 5) is 35.4.